The molecule has 0 spiro atoms. The number of hydrogen-bond acceptors (Lipinski definition) is 5. The smallest absolute Gasteiger partial charge is 0.260 e. The second-order valence-corrected chi connectivity index (χ2v) is 6.72. The van der Waals surface area contributed by atoms with E-state index in [4.69, 9.17) is 4.42 Å². The van der Waals surface area contributed by atoms with Crippen LogP contribution in [0.25, 0.3) is 0 Å². The third-order valence-electron chi connectivity index (χ3n) is 3.05. The van der Waals surface area contributed by atoms with Gasteiger partial charge in [0.15, 0.2) is 5.03 Å². The van der Waals surface area contributed by atoms with Gasteiger partial charge in [-0.1, -0.05) is 6.92 Å². The summed E-state index contributed by atoms with van der Waals surface area (Å²) in [6.45, 7) is 3.52. The SMILES string of the molecule is CCCNCc1cn[nH]c1S(=O)(=O)N(C)Cc1ccco1. The first-order chi connectivity index (χ1) is 10.1. The van der Waals surface area contributed by atoms with Crippen LogP contribution in [0.5, 0.6) is 0 Å². The van der Waals surface area contributed by atoms with E-state index in [1.54, 1.807) is 12.1 Å². The summed E-state index contributed by atoms with van der Waals surface area (Å²) < 4.78 is 31.5. The molecule has 0 saturated carbocycles. The fourth-order valence-corrected chi connectivity index (χ4v) is 3.14. The van der Waals surface area contributed by atoms with Gasteiger partial charge in [-0.25, -0.2) is 8.42 Å². The molecule has 7 nitrogen and oxygen atoms in total. The van der Waals surface area contributed by atoms with Crippen LogP contribution in [-0.2, 0) is 23.1 Å². The molecule has 2 aromatic rings. The minimum atomic E-state index is -3.62. The molecule has 2 heterocycles. The van der Waals surface area contributed by atoms with Crippen molar-refractivity contribution >= 4 is 10.0 Å². The van der Waals surface area contributed by atoms with Crippen LogP contribution in [0.2, 0.25) is 0 Å². The van der Waals surface area contributed by atoms with Crippen molar-refractivity contribution in [1.29, 1.82) is 0 Å². The monoisotopic (exact) mass is 312 g/mol. The first kappa shape index (κ1) is 15.7. The predicted octanol–water partition coefficient (Wildman–Crippen LogP) is 1.32. The molecule has 0 aliphatic heterocycles. The van der Waals surface area contributed by atoms with Gasteiger partial charge in [-0.3, -0.25) is 5.10 Å². The lowest BCUT2D eigenvalue weighted by molar-refractivity contribution is 0.404. The lowest BCUT2D eigenvalue weighted by Gasteiger charge is -2.15. The van der Waals surface area contributed by atoms with E-state index < -0.39 is 10.0 Å². The van der Waals surface area contributed by atoms with Crippen LogP contribution in [0.4, 0.5) is 0 Å². The topological polar surface area (TPSA) is 91.2 Å². The van der Waals surface area contributed by atoms with Crippen LogP contribution < -0.4 is 5.32 Å². The van der Waals surface area contributed by atoms with Crippen LogP contribution in [0.1, 0.15) is 24.7 Å². The predicted molar refractivity (Wildman–Crippen MR) is 77.9 cm³/mol. The Labute approximate surface area is 124 Å². The lowest BCUT2D eigenvalue weighted by atomic mass is 10.3. The van der Waals surface area contributed by atoms with E-state index in [2.05, 4.69) is 22.4 Å². The van der Waals surface area contributed by atoms with E-state index in [1.165, 1.54) is 23.8 Å². The van der Waals surface area contributed by atoms with Gasteiger partial charge in [0.05, 0.1) is 19.0 Å². The highest BCUT2D eigenvalue weighted by Gasteiger charge is 2.26. The summed E-state index contributed by atoms with van der Waals surface area (Å²) in [6, 6.07) is 3.47. The average Bonchev–Trinajstić information content (AvgIpc) is 3.10. The largest absolute Gasteiger partial charge is 0.468 e. The van der Waals surface area contributed by atoms with Gasteiger partial charge < -0.3 is 9.73 Å². The van der Waals surface area contributed by atoms with Crippen molar-refractivity contribution in [3.05, 3.63) is 35.9 Å². The zero-order chi connectivity index (χ0) is 15.3. The molecule has 0 atom stereocenters. The summed E-state index contributed by atoms with van der Waals surface area (Å²) in [4.78, 5) is 0. The number of rotatable bonds is 8. The van der Waals surface area contributed by atoms with Crippen LogP contribution in [0.3, 0.4) is 0 Å². The minimum Gasteiger partial charge on any atom is -0.468 e. The number of nitrogens with zero attached hydrogens (tertiary/aromatic N) is 2. The van der Waals surface area contributed by atoms with E-state index in [1.807, 2.05) is 0 Å². The molecule has 0 unspecified atom stereocenters. The van der Waals surface area contributed by atoms with Gasteiger partial charge in [0, 0.05) is 19.2 Å². The maximum absolute atomic E-state index is 12.6. The fraction of sp³-hybridized carbons (Fsp3) is 0.462. The number of furan rings is 1. The molecule has 0 amide bonds. The van der Waals surface area contributed by atoms with Crippen LogP contribution in [0.15, 0.2) is 34.0 Å². The highest BCUT2D eigenvalue weighted by Crippen LogP contribution is 2.18. The van der Waals surface area contributed by atoms with Crippen molar-refractivity contribution in [1.82, 2.24) is 19.8 Å². The first-order valence-electron chi connectivity index (χ1n) is 6.77. The number of nitrogens with one attached hydrogen (secondary N) is 2. The highest BCUT2D eigenvalue weighted by atomic mass is 32.2. The Kier molecular flexibility index (Phi) is 5.16. The third-order valence-corrected chi connectivity index (χ3v) is 4.87. The Bertz CT molecular complexity index is 649. The van der Waals surface area contributed by atoms with Crippen LogP contribution >= 0.6 is 0 Å². The minimum absolute atomic E-state index is 0.125. The fourth-order valence-electron chi connectivity index (χ4n) is 1.91. The summed E-state index contributed by atoms with van der Waals surface area (Å²) in [5, 5.41) is 9.73. The summed E-state index contributed by atoms with van der Waals surface area (Å²) >= 11 is 0. The second kappa shape index (κ2) is 6.88. The maximum Gasteiger partial charge on any atom is 0.260 e. The molecule has 0 bridgehead atoms. The zero-order valence-electron chi connectivity index (χ0n) is 12.2. The Hall–Kier alpha value is -1.64. The quantitative estimate of drug-likeness (QED) is 0.717. The van der Waals surface area contributed by atoms with Gasteiger partial charge >= 0.3 is 0 Å². The summed E-state index contributed by atoms with van der Waals surface area (Å²) in [7, 11) is -2.11. The zero-order valence-corrected chi connectivity index (χ0v) is 13.0. The number of aromatic amines is 1. The first-order valence-corrected chi connectivity index (χ1v) is 8.21. The van der Waals surface area contributed by atoms with Crippen molar-refractivity contribution in [2.45, 2.75) is 31.5 Å². The van der Waals surface area contributed by atoms with Gasteiger partial charge in [0.25, 0.3) is 10.0 Å². The molecule has 2 rings (SSSR count). The van der Waals surface area contributed by atoms with Gasteiger partial charge in [-0.15, -0.1) is 0 Å². The molecule has 8 heteroatoms. The van der Waals surface area contributed by atoms with Gasteiger partial charge in [-0.2, -0.15) is 9.40 Å². The van der Waals surface area contributed by atoms with Crippen molar-refractivity contribution in [2.24, 2.45) is 0 Å². The Morgan fingerprint density at radius 3 is 2.95 bits per heavy atom. The van der Waals surface area contributed by atoms with E-state index in [0.717, 1.165) is 13.0 Å². The number of sulfonamides is 1. The molecule has 2 N–H and O–H groups in total. The molecule has 0 radical (unpaired) electrons. The highest BCUT2D eigenvalue weighted by molar-refractivity contribution is 7.89. The normalized spacial score (nSPS) is 12.1. The second-order valence-electron chi connectivity index (χ2n) is 4.74. The molecule has 2 aromatic heterocycles. The molecular weight excluding hydrogens is 292 g/mol. The van der Waals surface area contributed by atoms with Crippen molar-refractivity contribution < 1.29 is 12.8 Å². The third kappa shape index (κ3) is 3.72. The van der Waals surface area contributed by atoms with E-state index >= 15 is 0 Å². The van der Waals surface area contributed by atoms with Crippen molar-refractivity contribution in [2.75, 3.05) is 13.6 Å². The van der Waals surface area contributed by atoms with Crippen LogP contribution in [-0.4, -0.2) is 36.5 Å². The van der Waals surface area contributed by atoms with Crippen LogP contribution in [0, 0.1) is 0 Å². The summed E-state index contributed by atoms with van der Waals surface area (Å²) in [6.07, 6.45) is 4.04. The standard InChI is InChI=1S/C13H20N4O3S/c1-3-6-14-8-11-9-15-16-13(11)21(18,19)17(2)10-12-5-4-7-20-12/h4-5,7,9,14H,3,6,8,10H2,1-2H3,(H,15,16). The number of hydrogen-bond donors (Lipinski definition) is 2. The molecule has 0 fully saturated rings. The Balaban J connectivity index is 2.13. The Morgan fingerprint density at radius 2 is 2.29 bits per heavy atom. The van der Waals surface area contributed by atoms with E-state index in [9.17, 15) is 8.42 Å². The number of aromatic nitrogens is 2. The Morgan fingerprint density at radius 1 is 1.48 bits per heavy atom. The van der Waals surface area contributed by atoms with Gasteiger partial charge in [0.1, 0.15) is 5.76 Å². The molecule has 0 aromatic carbocycles. The average molecular weight is 312 g/mol. The molecule has 21 heavy (non-hydrogen) atoms. The van der Waals surface area contributed by atoms with Crippen molar-refractivity contribution in [3.8, 4) is 0 Å². The lowest BCUT2D eigenvalue weighted by Crippen LogP contribution is -2.28. The summed E-state index contributed by atoms with van der Waals surface area (Å²) in [5.41, 5.74) is 0.634. The molecule has 0 aliphatic carbocycles. The maximum atomic E-state index is 12.6. The van der Waals surface area contributed by atoms with Gasteiger partial charge in [0.2, 0.25) is 0 Å². The van der Waals surface area contributed by atoms with E-state index in [0.29, 0.717) is 17.9 Å². The molecule has 0 aliphatic rings. The molecular formula is C13H20N4O3S. The van der Waals surface area contributed by atoms with Crippen molar-refractivity contribution in [3.63, 3.8) is 0 Å². The van der Waals surface area contributed by atoms with E-state index in [-0.39, 0.29) is 11.6 Å². The molecule has 116 valence electrons. The molecule has 0 saturated heterocycles. The summed E-state index contributed by atoms with van der Waals surface area (Å²) in [5.74, 6) is 0.589. The number of H-pyrrole nitrogens is 1. The van der Waals surface area contributed by atoms with Gasteiger partial charge in [-0.05, 0) is 25.1 Å².